The zero-order valence-electron chi connectivity index (χ0n) is 10.7. The summed E-state index contributed by atoms with van der Waals surface area (Å²) in [6.07, 6.45) is 0. The van der Waals surface area contributed by atoms with Gasteiger partial charge in [-0.3, -0.25) is 0 Å². The predicted molar refractivity (Wildman–Crippen MR) is 77.6 cm³/mol. The van der Waals surface area contributed by atoms with Gasteiger partial charge in [-0.25, -0.2) is 0 Å². The van der Waals surface area contributed by atoms with Crippen LogP contribution in [-0.4, -0.2) is 18.1 Å². The summed E-state index contributed by atoms with van der Waals surface area (Å²) < 4.78 is 0. The van der Waals surface area contributed by atoms with Gasteiger partial charge in [0, 0.05) is 28.1 Å². The molecule has 0 aliphatic carbocycles. The second-order valence-electron chi connectivity index (χ2n) is 4.59. The summed E-state index contributed by atoms with van der Waals surface area (Å²) in [5, 5.41) is 3.58. The Kier molecular flexibility index (Phi) is 6.47. The Hall–Kier alpha value is 0.01000. The van der Waals surface area contributed by atoms with Crippen molar-refractivity contribution in [2.24, 2.45) is 5.92 Å². The summed E-state index contributed by atoms with van der Waals surface area (Å²) in [6, 6.07) is 4.93. The van der Waals surface area contributed by atoms with Gasteiger partial charge < -0.3 is 5.32 Å². The minimum Gasteiger partial charge on any atom is -0.309 e. The fraction of sp³-hybridized carbons (Fsp3) is 0.692. The quantitative estimate of drug-likeness (QED) is 0.738. The summed E-state index contributed by atoms with van der Waals surface area (Å²) in [7, 11) is 0. The van der Waals surface area contributed by atoms with Crippen LogP contribution in [0.2, 0.25) is 0 Å². The number of hydrogen-bond acceptors (Lipinski definition) is 3. The number of aryl methyl sites for hydroxylation is 1. The van der Waals surface area contributed by atoms with Crippen molar-refractivity contribution in [3.05, 3.63) is 21.9 Å². The maximum atomic E-state index is 3.58. The monoisotopic (exact) mass is 257 g/mol. The van der Waals surface area contributed by atoms with E-state index in [1.165, 1.54) is 21.3 Å². The highest BCUT2D eigenvalue weighted by molar-refractivity contribution is 7.99. The smallest absolute Gasteiger partial charge is 0.0386 e. The maximum absolute atomic E-state index is 3.58. The number of thioether (sulfide) groups is 1. The van der Waals surface area contributed by atoms with Gasteiger partial charge >= 0.3 is 0 Å². The van der Waals surface area contributed by atoms with Gasteiger partial charge in [0.05, 0.1) is 0 Å². The minimum atomic E-state index is 0.498. The molecule has 1 atom stereocenters. The minimum absolute atomic E-state index is 0.498. The van der Waals surface area contributed by atoms with Crippen molar-refractivity contribution >= 4 is 23.1 Å². The highest BCUT2D eigenvalue weighted by Crippen LogP contribution is 2.22. The predicted octanol–water partition coefficient (Wildman–Crippen LogP) is 4.10. The first kappa shape index (κ1) is 14.1. The molecule has 0 fully saturated rings. The van der Waals surface area contributed by atoms with Gasteiger partial charge in [0.1, 0.15) is 0 Å². The topological polar surface area (TPSA) is 12.0 Å². The van der Waals surface area contributed by atoms with Crippen molar-refractivity contribution in [3.63, 3.8) is 0 Å². The van der Waals surface area contributed by atoms with Crippen molar-refractivity contribution in [2.45, 2.75) is 33.7 Å². The molecule has 1 N–H and O–H groups in total. The Labute approximate surface area is 108 Å². The number of hydrogen-bond donors (Lipinski definition) is 1. The number of rotatable bonds is 7. The third-order valence-electron chi connectivity index (χ3n) is 2.34. The molecule has 1 rings (SSSR count). The van der Waals surface area contributed by atoms with Crippen molar-refractivity contribution in [3.8, 4) is 0 Å². The van der Waals surface area contributed by atoms with Gasteiger partial charge in [0.2, 0.25) is 0 Å². The number of nitrogens with one attached hydrogen (secondary N) is 1. The molecule has 1 heterocycles. The molecule has 1 nitrogen and oxygen atoms in total. The van der Waals surface area contributed by atoms with E-state index in [-0.39, 0.29) is 0 Å². The van der Waals surface area contributed by atoms with Gasteiger partial charge in [0.25, 0.3) is 0 Å². The fourth-order valence-corrected chi connectivity index (χ4v) is 3.26. The van der Waals surface area contributed by atoms with E-state index in [1.807, 2.05) is 23.1 Å². The normalized spacial score (nSPS) is 13.3. The van der Waals surface area contributed by atoms with Crippen molar-refractivity contribution in [1.82, 2.24) is 5.32 Å². The second-order valence-corrected chi connectivity index (χ2v) is 7.06. The van der Waals surface area contributed by atoms with Crippen LogP contribution in [0, 0.1) is 12.8 Å². The molecule has 0 aliphatic rings. The highest BCUT2D eigenvalue weighted by atomic mass is 32.2. The van der Waals surface area contributed by atoms with Crippen LogP contribution in [0.3, 0.4) is 0 Å². The summed E-state index contributed by atoms with van der Waals surface area (Å²) >= 11 is 3.94. The van der Waals surface area contributed by atoms with Gasteiger partial charge in [-0.1, -0.05) is 13.8 Å². The Balaban J connectivity index is 2.13. The van der Waals surface area contributed by atoms with Crippen molar-refractivity contribution in [1.29, 1.82) is 0 Å². The van der Waals surface area contributed by atoms with E-state index in [1.54, 1.807) is 0 Å². The highest BCUT2D eigenvalue weighted by Gasteiger charge is 2.06. The first-order valence-corrected chi connectivity index (χ1v) is 7.94. The van der Waals surface area contributed by atoms with Crippen LogP contribution in [-0.2, 0) is 0 Å². The molecule has 0 amide bonds. The SMILES string of the molecule is Cc1ccc(C(C)NCCSCC(C)C)s1. The van der Waals surface area contributed by atoms with Crippen LogP contribution >= 0.6 is 23.1 Å². The average molecular weight is 257 g/mol. The summed E-state index contributed by atoms with van der Waals surface area (Å²) in [4.78, 5) is 2.85. The van der Waals surface area contributed by atoms with E-state index in [4.69, 9.17) is 0 Å². The molecule has 0 radical (unpaired) electrons. The molecule has 0 saturated carbocycles. The van der Waals surface area contributed by atoms with Gasteiger partial charge in [-0.2, -0.15) is 11.8 Å². The van der Waals surface area contributed by atoms with Crippen molar-refractivity contribution in [2.75, 3.05) is 18.1 Å². The van der Waals surface area contributed by atoms with Crippen LogP contribution in [0.4, 0.5) is 0 Å². The van der Waals surface area contributed by atoms with E-state index in [2.05, 4.69) is 45.1 Å². The molecule has 0 saturated heterocycles. The summed E-state index contributed by atoms with van der Waals surface area (Å²) in [5.74, 6) is 3.29. The van der Waals surface area contributed by atoms with Crippen LogP contribution in [0.1, 0.15) is 36.6 Å². The Morgan fingerprint density at radius 2 is 2.06 bits per heavy atom. The lowest BCUT2D eigenvalue weighted by molar-refractivity contribution is 0.610. The molecular weight excluding hydrogens is 234 g/mol. The standard InChI is InChI=1S/C13H23NS2/c1-10(2)9-15-8-7-14-12(4)13-6-5-11(3)16-13/h5-6,10,12,14H,7-9H2,1-4H3. The lowest BCUT2D eigenvalue weighted by Gasteiger charge is -2.12. The molecule has 0 aromatic carbocycles. The van der Waals surface area contributed by atoms with E-state index < -0.39 is 0 Å². The molecule has 1 aromatic heterocycles. The lowest BCUT2D eigenvalue weighted by atomic mass is 10.3. The molecule has 1 aromatic rings. The maximum Gasteiger partial charge on any atom is 0.0386 e. The zero-order valence-corrected chi connectivity index (χ0v) is 12.4. The zero-order chi connectivity index (χ0) is 12.0. The third kappa shape index (κ3) is 5.37. The summed E-state index contributed by atoms with van der Waals surface area (Å²) in [6.45, 7) is 10.1. The van der Waals surface area contributed by atoms with Crippen LogP contribution in [0.5, 0.6) is 0 Å². The van der Waals surface area contributed by atoms with Gasteiger partial charge in [-0.15, -0.1) is 11.3 Å². The van der Waals surface area contributed by atoms with Crippen LogP contribution in [0.15, 0.2) is 12.1 Å². The Bertz CT molecular complexity index is 294. The fourth-order valence-electron chi connectivity index (χ4n) is 1.45. The first-order chi connectivity index (χ1) is 7.59. The van der Waals surface area contributed by atoms with Crippen molar-refractivity contribution < 1.29 is 0 Å². The molecule has 0 spiro atoms. The van der Waals surface area contributed by atoms with E-state index >= 15 is 0 Å². The largest absolute Gasteiger partial charge is 0.309 e. The van der Waals surface area contributed by atoms with E-state index in [9.17, 15) is 0 Å². The average Bonchev–Trinajstić information content (AvgIpc) is 2.63. The summed E-state index contributed by atoms with van der Waals surface area (Å²) in [5.41, 5.74) is 0. The lowest BCUT2D eigenvalue weighted by Crippen LogP contribution is -2.20. The Morgan fingerprint density at radius 3 is 2.62 bits per heavy atom. The molecule has 92 valence electrons. The molecule has 3 heteroatoms. The van der Waals surface area contributed by atoms with Crippen LogP contribution < -0.4 is 5.32 Å². The van der Waals surface area contributed by atoms with Gasteiger partial charge in [-0.05, 0) is 37.7 Å². The third-order valence-corrected chi connectivity index (χ3v) is 4.91. The van der Waals surface area contributed by atoms with E-state index in [0.717, 1.165) is 12.5 Å². The molecule has 0 bridgehead atoms. The number of thiophene rings is 1. The van der Waals surface area contributed by atoms with Gasteiger partial charge in [0.15, 0.2) is 0 Å². The molecular formula is C13H23NS2. The molecule has 1 unspecified atom stereocenters. The molecule has 0 aliphatic heterocycles. The van der Waals surface area contributed by atoms with Crippen LogP contribution in [0.25, 0.3) is 0 Å². The van der Waals surface area contributed by atoms with E-state index in [0.29, 0.717) is 6.04 Å². The second kappa shape index (κ2) is 7.36. The Morgan fingerprint density at radius 1 is 1.31 bits per heavy atom. The molecule has 16 heavy (non-hydrogen) atoms. The first-order valence-electron chi connectivity index (χ1n) is 5.97.